The second-order valence-corrected chi connectivity index (χ2v) is 12.3. The van der Waals surface area contributed by atoms with Crippen molar-refractivity contribution < 1.29 is 9.47 Å². The van der Waals surface area contributed by atoms with Crippen LogP contribution in [0.2, 0.25) is 0 Å². The molecule has 0 amide bonds. The van der Waals surface area contributed by atoms with E-state index in [9.17, 15) is 0 Å². The van der Waals surface area contributed by atoms with Gasteiger partial charge < -0.3 is 19.3 Å². The second-order valence-electron chi connectivity index (χ2n) is 12.3. The quantitative estimate of drug-likeness (QED) is 0.147. The van der Waals surface area contributed by atoms with Gasteiger partial charge in [0.25, 0.3) is 0 Å². The topological polar surface area (TPSA) is 24.9 Å². The average molecular weight is 599 g/mol. The van der Waals surface area contributed by atoms with E-state index in [4.69, 9.17) is 9.47 Å². The van der Waals surface area contributed by atoms with Crippen molar-refractivity contribution in [3.63, 3.8) is 0 Å². The Bertz CT molecular complexity index is 2250. The number of ether oxygens (including phenoxy) is 2. The molecule has 0 spiro atoms. The van der Waals surface area contributed by atoms with Crippen LogP contribution in [-0.2, 0) is 13.1 Å². The van der Waals surface area contributed by atoms with Gasteiger partial charge >= 0.3 is 0 Å². The van der Waals surface area contributed by atoms with Crippen LogP contribution in [0.25, 0.3) is 67.9 Å². The Morgan fingerprint density at radius 2 is 0.717 bits per heavy atom. The molecule has 0 fully saturated rings. The van der Waals surface area contributed by atoms with E-state index in [1.165, 1.54) is 75.1 Å². The molecule has 9 rings (SSSR count). The Kier molecular flexibility index (Phi) is 6.17. The molecular weight excluding hydrogens is 564 g/mol. The maximum absolute atomic E-state index is 5.64. The van der Waals surface area contributed by atoms with E-state index in [0.717, 1.165) is 24.6 Å². The number of hydrogen-bond donors (Lipinski definition) is 0. The van der Waals surface area contributed by atoms with Gasteiger partial charge in [-0.15, -0.1) is 0 Å². The lowest BCUT2D eigenvalue weighted by Gasteiger charge is -2.23. The van der Waals surface area contributed by atoms with Gasteiger partial charge in [-0.05, 0) is 102 Å². The van der Waals surface area contributed by atoms with Crippen molar-refractivity contribution in [2.24, 2.45) is 0 Å². The zero-order valence-corrected chi connectivity index (χ0v) is 26.1. The summed E-state index contributed by atoms with van der Waals surface area (Å²) < 4.78 is 11.3. The Morgan fingerprint density at radius 1 is 0.391 bits per heavy atom. The van der Waals surface area contributed by atoms with E-state index in [2.05, 4.69) is 132 Å². The maximum atomic E-state index is 5.64. The minimum absolute atomic E-state index is 0.681. The molecule has 0 aliphatic carbocycles. The fourth-order valence-electron chi connectivity index (χ4n) is 7.54. The average Bonchev–Trinajstić information content (AvgIpc) is 3.08. The van der Waals surface area contributed by atoms with Gasteiger partial charge in [-0.25, -0.2) is 0 Å². The van der Waals surface area contributed by atoms with Gasteiger partial charge in [0, 0.05) is 48.7 Å². The summed E-state index contributed by atoms with van der Waals surface area (Å²) in [5, 5.41) is 15.8. The molecule has 2 aliphatic heterocycles. The lowest BCUT2D eigenvalue weighted by atomic mass is 9.87. The minimum atomic E-state index is 0.681. The molecule has 0 aromatic heterocycles. The summed E-state index contributed by atoms with van der Waals surface area (Å²) >= 11 is 0. The minimum Gasteiger partial charge on any atom is -0.494 e. The molecule has 0 unspecified atom stereocenters. The summed E-state index contributed by atoms with van der Waals surface area (Å²) in [5.41, 5.74) is 2.51. The molecule has 2 heterocycles. The molecule has 0 N–H and O–H groups in total. The van der Waals surface area contributed by atoms with Crippen LogP contribution in [0.15, 0.2) is 97.1 Å². The first-order valence-electron chi connectivity index (χ1n) is 16.2. The van der Waals surface area contributed by atoms with Crippen LogP contribution in [0.5, 0.6) is 11.5 Å². The molecule has 2 aliphatic rings. The van der Waals surface area contributed by atoms with E-state index in [-0.39, 0.29) is 0 Å². The summed E-state index contributed by atoms with van der Waals surface area (Å²) in [6.07, 6.45) is 9.19. The Labute approximate surface area is 267 Å². The highest BCUT2D eigenvalue weighted by atomic mass is 16.5. The highest BCUT2D eigenvalue weighted by molar-refractivity contribution is 6.33. The Morgan fingerprint density at radius 3 is 1.02 bits per heavy atom. The van der Waals surface area contributed by atoms with Crippen LogP contribution in [-0.4, -0.2) is 23.0 Å². The SMILES string of the molecule is CCOc1ccc(CN2C=c3ccc4c5ccc6c7c(ccc(c8ccc(c3c48)=C2)c75)=CN(Cc2ccc(OCC)cc2)C=6)cc1. The van der Waals surface area contributed by atoms with Crippen molar-refractivity contribution in [1.82, 2.24) is 9.80 Å². The second kappa shape index (κ2) is 10.6. The molecular formula is C42H34N2O2. The molecule has 224 valence electrons. The molecule has 0 saturated heterocycles. The fraction of sp³-hybridized carbons (Fsp3) is 0.143. The summed E-state index contributed by atoms with van der Waals surface area (Å²) in [6, 6.07) is 35.4. The van der Waals surface area contributed by atoms with E-state index >= 15 is 0 Å². The van der Waals surface area contributed by atoms with E-state index < -0.39 is 0 Å². The van der Waals surface area contributed by atoms with Gasteiger partial charge in [0.15, 0.2) is 0 Å². The summed E-state index contributed by atoms with van der Waals surface area (Å²) in [6.45, 7) is 7.02. The molecule has 7 aromatic rings. The predicted octanol–water partition coefficient (Wildman–Crippen LogP) is 6.52. The van der Waals surface area contributed by atoms with Crippen molar-refractivity contribution in [2.75, 3.05) is 13.2 Å². The number of nitrogens with zero attached hydrogens (tertiary/aromatic N) is 2. The molecule has 4 nitrogen and oxygen atoms in total. The zero-order valence-electron chi connectivity index (χ0n) is 26.1. The summed E-state index contributed by atoms with van der Waals surface area (Å²) in [4.78, 5) is 4.61. The predicted molar refractivity (Wildman–Crippen MR) is 190 cm³/mol. The zero-order chi connectivity index (χ0) is 30.8. The van der Waals surface area contributed by atoms with Crippen molar-refractivity contribution in [2.45, 2.75) is 26.9 Å². The van der Waals surface area contributed by atoms with E-state index in [0.29, 0.717) is 13.2 Å². The van der Waals surface area contributed by atoms with Crippen LogP contribution in [0, 0.1) is 0 Å². The third-order valence-electron chi connectivity index (χ3n) is 9.45. The standard InChI is InChI=1S/C42H34N2O2/c1-3-45-33-13-5-27(6-14-33)21-43-23-29-9-17-35-37-19-11-31-25-44(22-28-7-15-34(16-8-28)46-4-2)26-32-12-20-38(42(37)40(31)32)36-18-10-30(24-43)39(29)41(35)36/h5-20,23-26H,3-4,21-22H2,1-2H3. The van der Waals surface area contributed by atoms with E-state index in [1.807, 2.05) is 13.8 Å². The normalized spacial score (nSPS) is 13.5. The Balaban J connectivity index is 1.14. The van der Waals surface area contributed by atoms with Crippen LogP contribution >= 0.6 is 0 Å². The summed E-state index contributed by atoms with van der Waals surface area (Å²) in [7, 11) is 0. The van der Waals surface area contributed by atoms with Crippen LogP contribution in [0.4, 0.5) is 0 Å². The maximum Gasteiger partial charge on any atom is 0.119 e. The molecule has 46 heavy (non-hydrogen) atoms. The van der Waals surface area contributed by atoms with Crippen LogP contribution in [0.1, 0.15) is 25.0 Å². The highest BCUT2D eigenvalue weighted by Gasteiger charge is 2.18. The number of fused-ring (bicyclic) bond motifs is 2. The molecule has 0 radical (unpaired) electrons. The van der Waals surface area contributed by atoms with Crippen molar-refractivity contribution in [1.29, 1.82) is 0 Å². The first kappa shape index (κ1) is 26.9. The molecule has 0 atom stereocenters. The highest BCUT2D eigenvalue weighted by Crippen LogP contribution is 2.37. The van der Waals surface area contributed by atoms with Crippen molar-refractivity contribution in [3.8, 4) is 11.5 Å². The van der Waals surface area contributed by atoms with Crippen LogP contribution < -0.4 is 30.3 Å². The summed E-state index contributed by atoms with van der Waals surface area (Å²) in [5.74, 6) is 1.83. The van der Waals surface area contributed by atoms with E-state index in [1.54, 1.807) is 0 Å². The number of hydrogen-bond acceptors (Lipinski definition) is 4. The fourth-order valence-corrected chi connectivity index (χ4v) is 7.54. The molecule has 0 bridgehead atoms. The molecule has 0 saturated carbocycles. The first-order valence-corrected chi connectivity index (χ1v) is 16.2. The Hall–Kier alpha value is -5.48. The third-order valence-corrected chi connectivity index (χ3v) is 9.45. The third kappa shape index (κ3) is 4.28. The van der Waals surface area contributed by atoms with Gasteiger partial charge in [-0.3, -0.25) is 0 Å². The smallest absolute Gasteiger partial charge is 0.119 e. The number of benzene rings is 7. The van der Waals surface area contributed by atoms with Gasteiger partial charge in [0.05, 0.1) is 13.2 Å². The lowest BCUT2D eigenvalue weighted by molar-refractivity contribution is 0.340. The van der Waals surface area contributed by atoms with Gasteiger partial charge in [-0.1, -0.05) is 72.8 Å². The van der Waals surface area contributed by atoms with Crippen molar-refractivity contribution >= 4 is 67.9 Å². The lowest BCUT2D eigenvalue weighted by Crippen LogP contribution is -2.27. The monoisotopic (exact) mass is 598 g/mol. The van der Waals surface area contributed by atoms with Gasteiger partial charge in [0.1, 0.15) is 11.5 Å². The number of rotatable bonds is 8. The molecule has 4 heteroatoms. The van der Waals surface area contributed by atoms with Gasteiger partial charge in [-0.2, -0.15) is 0 Å². The van der Waals surface area contributed by atoms with Crippen molar-refractivity contribution in [3.05, 3.63) is 129 Å². The van der Waals surface area contributed by atoms with Crippen LogP contribution in [0.3, 0.4) is 0 Å². The largest absolute Gasteiger partial charge is 0.494 e. The first-order chi connectivity index (χ1) is 22.7. The van der Waals surface area contributed by atoms with Gasteiger partial charge in [0.2, 0.25) is 0 Å². The molecule has 7 aromatic carbocycles.